The number of ether oxygens (including phenoxy) is 3. The predicted molar refractivity (Wildman–Crippen MR) is 95.3 cm³/mol. The average Bonchev–Trinajstić information content (AvgIpc) is 2.66. The van der Waals surface area contributed by atoms with Gasteiger partial charge in [-0.05, 0) is 18.1 Å². The van der Waals surface area contributed by atoms with Crippen LogP contribution in [-0.4, -0.2) is 30.7 Å². The second-order valence-electron chi connectivity index (χ2n) is 5.46. The van der Waals surface area contributed by atoms with Crippen LogP contribution in [0.1, 0.15) is 29.3 Å². The number of carbonyl (C=O) groups excluding carboxylic acids is 1. The van der Waals surface area contributed by atoms with E-state index in [1.165, 1.54) is 18.2 Å². The second-order valence-corrected chi connectivity index (χ2v) is 5.46. The summed E-state index contributed by atoms with van der Waals surface area (Å²) in [5, 5.41) is 11.0. The standard InChI is InChI=1S/C19H21NO6/c1-2-10-24-11-12-25-18-13-16(20(22)23)8-9-17(18)19(21)26-14-15-6-4-3-5-7-15/h3-9,13H,2,10-12,14H2,1H3. The number of carbonyl (C=O) groups is 1. The first-order valence-electron chi connectivity index (χ1n) is 8.32. The summed E-state index contributed by atoms with van der Waals surface area (Å²) in [6.07, 6.45) is 0.883. The van der Waals surface area contributed by atoms with E-state index >= 15 is 0 Å². The Balaban J connectivity index is 2.06. The summed E-state index contributed by atoms with van der Waals surface area (Å²) in [6, 6.07) is 13.1. The highest BCUT2D eigenvalue weighted by Gasteiger charge is 2.18. The molecular weight excluding hydrogens is 338 g/mol. The third-order valence-corrected chi connectivity index (χ3v) is 3.44. The van der Waals surface area contributed by atoms with E-state index in [0.717, 1.165) is 12.0 Å². The van der Waals surface area contributed by atoms with Crippen LogP contribution in [0, 0.1) is 10.1 Å². The molecule has 2 aromatic carbocycles. The summed E-state index contributed by atoms with van der Waals surface area (Å²) in [7, 11) is 0. The van der Waals surface area contributed by atoms with Gasteiger partial charge in [-0.15, -0.1) is 0 Å². The van der Waals surface area contributed by atoms with Gasteiger partial charge in [0.15, 0.2) is 0 Å². The highest BCUT2D eigenvalue weighted by Crippen LogP contribution is 2.26. The van der Waals surface area contributed by atoms with Crippen LogP contribution in [0.5, 0.6) is 5.75 Å². The Morgan fingerprint density at radius 1 is 1.08 bits per heavy atom. The minimum atomic E-state index is -0.603. The van der Waals surface area contributed by atoms with Gasteiger partial charge in [0.1, 0.15) is 24.5 Å². The van der Waals surface area contributed by atoms with Crippen molar-refractivity contribution in [3.63, 3.8) is 0 Å². The largest absolute Gasteiger partial charge is 0.490 e. The number of benzene rings is 2. The first-order chi connectivity index (χ1) is 12.6. The molecule has 2 rings (SSSR count). The number of nitro groups is 1. The van der Waals surface area contributed by atoms with E-state index in [1.807, 2.05) is 37.3 Å². The Hall–Kier alpha value is -2.93. The Morgan fingerprint density at radius 3 is 2.54 bits per heavy atom. The zero-order valence-corrected chi connectivity index (χ0v) is 14.6. The van der Waals surface area contributed by atoms with Crippen molar-refractivity contribution < 1.29 is 23.9 Å². The van der Waals surface area contributed by atoms with E-state index in [0.29, 0.717) is 13.2 Å². The minimum Gasteiger partial charge on any atom is -0.490 e. The maximum atomic E-state index is 12.4. The molecule has 0 radical (unpaired) electrons. The number of hydrogen-bond donors (Lipinski definition) is 0. The van der Waals surface area contributed by atoms with E-state index in [-0.39, 0.29) is 30.2 Å². The molecule has 0 spiro atoms. The fourth-order valence-electron chi connectivity index (χ4n) is 2.17. The Labute approximate surface area is 151 Å². The molecule has 7 nitrogen and oxygen atoms in total. The van der Waals surface area contributed by atoms with Gasteiger partial charge in [0.2, 0.25) is 0 Å². The molecule has 0 bridgehead atoms. The molecule has 7 heteroatoms. The van der Waals surface area contributed by atoms with Crippen LogP contribution in [0.15, 0.2) is 48.5 Å². The van der Waals surface area contributed by atoms with Gasteiger partial charge in [0.05, 0.1) is 17.6 Å². The fourth-order valence-corrected chi connectivity index (χ4v) is 2.17. The van der Waals surface area contributed by atoms with Crippen LogP contribution in [-0.2, 0) is 16.1 Å². The van der Waals surface area contributed by atoms with Crippen molar-refractivity contribution in [2.75, 3.05) is 19.8 Å². The lowest BCUT2D eigenvalue weighted by Crippen LogP contribution is -2.12. The van der Waals surface area contributed by atoms with Crippen molar-refractivity contribution in [3.8, 4) is 5.75 Å². The number of nitrogens with zero attached hydrogens (tertiary/aromatic N) is 1. The molecule has 0 saturated heterocycles. The van der Waals surface area contributed by atoms with Crippen molar-refractivity contribution in [1.29, 1.82) is 0 Å². The van der Waals surface area contributed by atoms with E-state index in [4.69, 9.17) is 14.2 Å². The van der Waals surface area contributed by atoms with Crippen molar-refractivity contribution in [1.82, 2.24) is 0 Å². The molecule has 0 aliphatic heterocycles. The number of rotatable bonds is 10. The normalized spacial score (nSPS) is 10.3. The average molecular weight is 359 g/mol. The SMILES string of the molecule is CCCOCCOc1cc([N+](=O)[O-])ccc1C(=O)OCc1ccccc1. The molecular formula is C19H21NO6. The smallest absolute Gasteiger partial charge is 0.342 e. The molecule has 0 N–H and O–H groups in total. The third kappa shape index (κ3) is 5.86. The van der Waals surface area contributed by atoms with Crippen LogP contribution < -0.4 is 4.74 Å². The van der Waals surface area contributed by atoms with Crippen LogP contribution in [0.3, 0.4) is 0 Å². The molecule has 0 fully saturated rings. The molecule has 2 aromatic rings. The quantitative estimate of drug-likeness (QED) is 0.278. The van der Waals surface area contributed by atoms with Gasteiger partial charge in [0, 0.05) is 12.7 Å². The summed E-state index contributed by atoms with van der Waals surface area (Å²) in [6.45, 7) is 3.21. The summed E-state index contributed by atoms with van der Waals surface area (Å²) >= 11 is 0. The van der Waals surface area contributed by atoms with Crippen molar-refractivity contribution >= 4 is 11.7 Å². The Kier molecular flexibility index (Phi) is 7.57. The van der Waals surface area contributed by atoms with Gasteiger partial charge in [-0.2, -0.15) is 0 Å². The van der Waals surface area contributed by atoms with E-state index in [1.54, 1.807) is 0 Å². The van der Waals surface area contributed by atoms with Gasteiger partial charge >= 0.3 is 5.97 Å². The first kappa shape index (κ1) is 19.4. The molecule has 0 heterocycles. The summed E-state index contributed by atoms with van der Waals surface area (Å²) < 4.78 is 16.1. The lowest BCUT2D eigenvalue weighted by molar-refractivity contribution is -0.384. The fraction of sp³-hybridized carbons (Fsp3) is 0.316. The molecule has 0 aromatic heterocycles. The molecule has 0 atom stereocenters. The lowest BCUT2D eigenvalue weighted by atomic mass is 10.2. The highest BCUT2D eigenvalue weighted by molar-refractivity contribution is 5.93. The van der Waals surface area contributed by atoms with E-state index in [9.17, 15) is 14.9 Å². The monoisotopic (exact) mass is 359 g/mol. The maximum Gasteiger partial charge on any atom is 0.342 e. The predicted octanol–water partition coefficient (Wildman–Crippen LogP) is 3.76. The van der Waals surface area contributed by atoms with Gasteiger partial charge in [0.25, 0.3) is 5.69 Å². The van der Waals surface area contributed by atoms with Crippen LogP contribution >= 0.6 is 0 Å². The molecule has 26 heavy (non-hydrogen) atoms. The summed E-state index contributed by atoms with van der Waals surface area (Å²) in [4.78, 5) is 22.8. The van der Waals surface area contributed by atoms with Gasteiger partial charge < -0.3 is 14.2 Å². The molecule has 0 amide bonds. The van der Waals surface area contributed by atoms with Crippen molar-refractivity contribution in [2.45, 2.75) is 20.0 Å². The molecule has 0 aliphatic rings. The summed E-state index contributed by atoms with van der Waals surface area (Å²) in [5.41, 5.74) is 0.828. The number of hydrogen-bond acceptors (Lipinski definition) is 6. The van der Waals surface area contributed by atoms with Crippen molar-refractivity contribution in [2.24, 2.45) is 0 Å². The second kappa shape index (κ2) is 10.1. The van der Waals surface area contributed by atoms with Crippen LogP contribution in [0.25, 0.3) is 0 Å². The molecule has 0 saturated carbocycles. The Bertz CT molecular complexity index is 732. The van der Waals surface area contributed by atoms with Crippen LogP contribution in [0.2, 0.25) is 0 Å². The molecule has 0 unspecified atom stereocenters. The number of nitro benzene ring substituents is 1. The number of esters is 1. The lowest BCUT2D eigenvalue weighted by Gasteiger charge is -2.11. The Morgan fingerprint density at radius 2 is 1.85 bits per heavy atom. The minimum absolute atomic E-state index is 0.107. The molecule has 0 aliphatic carbocycles. The summed E-state index contributed by atoms with van der Waals surface area (Å²) in [5.74, 6) is -0.495. The van der Waals surface area contributed by atoms with E-state index in [2.05, 4.69) is 0 Å². The van der Waals surface area contributed by atoms with Gasteiger partial charge in [-0.1, -0.05) is 37.3 Å². The third-order valence-electron chi connectivity index (χ3n) is 3.44. The van der Waals surface area contributed by atoms with Crippen LogP contribution in [0.4, 0.5) is 5.69 Å². The van der Waals surface area contributed by atoms with E-state index < -0.39 is 10.9 Å². The van der Waals surface area contributed by atoms with Gasteiger partial charge in [-0.25, -0.2) is 4.79 Å². The highest BCUT2D eigenvalue weighted by atomic mass is 16.6. The maximum absolute atomic E-state index is 12.4. The number of non-ortho nitro benzene ring substituents is 1. The first-order valence-corrected chi connectivity index (χ1v) is 8.32. The van der Waals surface area contributed by atoms with Gasteiger partial charge in [-0.3, -0.25) is 10.1 Å². The molecule has 138 valence electrons. The van der Waals surface area contributed by atoms with Crippen molar-refractivity contribution in [3.05, 3.63) is 69.8 Å². The zero-order chi connectivity index (χ0) is 18.8. The topological polar surface area (TPSA) is 87.9 Å². The zero-order valence-electron chi connectivity index (χ0n) is 14.6.